The van der Waals surface area contributed by atoms with Gasteiger partial charge in [0.15, 0.2) is 0 Å². The predicted octanol–water partition coefficient (Wildman–Crippen LogP) is 1.43. The summed E-state index contributed by atoms with van der Waals surface area (Å²) in [7, 11) is 0. The first-order valence-electron chi connectivity index (χ1n) is 10.1. The number of primary amides is 1. The van der Waals surface area contributed by atoms with Gasteiger partial charge in [0.2, 0.25) is 11.8 Å². The summed E-state index contributed by atoms with van der Waals surface area (Å²) in [6.45, 7) is 4.62. The van der Waals surface area contributed by atoms with Gasteiger partial charge in [-0.25, -0.2) is 4.98 Å². The Morgan fingerprint density at radius 3 is 2.63 bits per heavy atom. The Morgan fingerprint density at radius 2 is 1.97 bits per heavy atom. The molecule has 8 nitrogen and oxygen atoms in total. The van der Waals surface area contributed by atoms with E-state index in [0.717, 1.165) is 40.4 Å². The van der Waals surface area contributed by atoms with Crippen molar-refractivity contribution in [1.29, 1.82) is 0 Å². The number of aryl methyl sites for hydroxylation is 2. The van der Waals surface area contributed by atoms with Crippen LogP contribution in [0, 0.1) is 6.92 Å². The van der Waals surface area contributed by atoms with E-state index in [9.17, 15) is 14.4 Å². The van der Waals surface area contributed by atoms with Gasteiger partial charge in [-0.05, 0) is 31.7 Å². The third-order valence-corrected chi connectivity index (χ3v) is 7.66. The highest BCUT2D eigenvalue weighted by molar-refractivity contribution is 7.17. The van der Waals surface area contributed by atoms with Crippen molar-refractivity contribution in [3.8, 4) is 0 Å². The Morgan fingerprint density at radius 1 is 1.20 bits per heavy atom. The summed E-state index contributed by atoms with van der Waals surface area (Å²) in [6, 6.07) is 0. The predicted molar refractivity (Wildman–Crippen MR) is 117 cm³/mol. The zero-order valence-corrected chi connectivity index (χ0v) is 18.5. The molecule has 1 fully saturated rings. The molecule has 3 N–H and O–H groups in total. The molecule has 1 aliphatic heterocycles. The summed E-state index contributed by atoms with van der Waals surface area (Å²) in [5, 5.41) is 6.25. The normalized spacial score (nSPS) is 16.5. The first kappa shape index (κ1) is 21.0. The number of rotatable bonds is 6. The van der Waals surface area contributed by atoms with Crippen molar-refractivity contribution in [2.75, 3.05) is 38.0 Å². The summed E-state index contributed by atoms with van der Waals surface area (Å²) >= 11 is 2.97. The maximum absolute atomic E-state index is 12.6. The number of anilines is 1. The lowest BCUT2D eigenvalue weighted by Crippen LogP contribution is -2.50. The van der Waals surface area contributed by atoms with Crippen LogP contribution in [0.1, 0.15) is 37.9 Å². The molecule has 3 heterocycles. The second kappa shape index (κ2) is 8.83. The highest BCUT2D eigenvalue weighted by Gasteiger charge is 2.27. The van der Waals surface area contributed by atoms with Crippen LogP contribution in [0.2, 0.25) is 0 Å². The molecule has 2 aromatic rings. The Labute approximate surface area is 183 Å². The van der Waals surface area contributed by atoms with Crippen molar-refractivity contribution >= 4 is 45.4 Å². The maximum Gasteiger partial charge on any atom is 0.251 e. The van der Waals surface area contributed by atoms with E-state index in [1.54, 1.807) is 0 Å². The molecule has 3 amide bonds. The van der Waals surface area contributed by atoms with Crippen LogP contribution in [-0.2, 0) is 28.9 Å². The summed E-state index contributed by atoms with van der Waals surface area (Å²) in [4.78, 5) is 46.3. The third kappa shape index (κ3) is 4.55. The number of amides is 3. The molecule has 0 saturated carbocycles. The number of nitrogens with two attached hydrogens (primary N) is 1. The smallest absolute Gasteiger partial charge is 0.251 e. The van der Waals surface area contributed by atoms with Crippen LogP contribution < -0.4 is 11.1 Å². The third-order valence-electron chi connectivity index (χ3n) is 5.48. The maximum atomic E-state index is 12.6. The molecule has 4 rings (SSSR count). The van der Waals surface area contributed by atoms with E-state index in [0.29, 0.717) is 43.2 Å². The highest BCUT2D eigenvalue weighted by atomic mass is 32.1. The van der Waals surface area contributed by atoms with E-state index in [2.05, 4.69) is 10.3 Å². The van der Waals surface area contributed by atoms with Crippen molar-refractivity contribution in [2.45, 2.75) is 32.6 Å². The van der Waals surface area contributed by atoms with E-state index >= 15 is 0 Å². The first-order valence-corrected chi connectivity index (χ1v) is 11.8. The molecule has 0 atom stereocenters. The fraction of sp³-hybridized carbons (Fsp3) is 0.500. The standard InChI is InChI=1S/C20H25N5O3S2/c1-12-11-29-16(22-12)9-17(27)25-7-5-24(6-8-25)10-15(26)23-20-18(19(21)28)13-3-2-4-14(13)30-20/h11H,2-10H2,1H3,(H2,21,28)(H,23,26). The lowest BCUT2D eigenvalue weighted by atomic mass is 10.1. The molecule has 0 spiro atoms. The second-order valence-electron chi connectivity index (χ2n) is 7.69. The molecular formula is C20H25N5O3S2. The monoisotopic (exact) mass is 447 g/mol. The van der Waals surface area contributed by atoms with E-state index in [4.69, 9.17) is 5.73 Å². The number of aromatic nitrogens is 1. The average molecular weight is 448 g/mol. The molecule has 10 heteroatoms. The van der Waals surface area contributed by atoms with Crippen molar-refractivity contribution in [3.63, 3.8) is 0 Å². The Hall–Kier alpha value is -2.30. The zero-order valence-electron chi connectivity index (χ0n) is 16.9. The van der Waals surface area contributed by atoms with Gasteiger partial charge in [0, 0.05) is 42.1 Å². The van der Waals surface area contributed by atoms with Crippen molar-refractivity contribution < 1.29 is 14.4 Å². The molecule has 0 bridgehead atoms. The number of nitrogens with one attached hydrogen (secondary N) is 1. The molecular weight excluding hydrogens is 422 g/mol. The second-order valence-corrected chi connectivity index (χ2v) is 9.74. The van der Waals surface area contributed by atoms with Crippen LogP contribution >= 0.6 is 22.7 Å². The number of hydrogen-bond donors (Lipinski definition) is 2. The molecule has 0 radical (unpaired) electrons. The van der Waals surface area contributed by atoms with Crippen LogP contribution in [0.15, 0.2) is 5.38 Å². The summed E-state index contributed by atoms with van der Waals surface area (Å²) in [6.07, 6.45) is 3.14. The van der Waals surface area contributed by atoms with Gasteiger partial charge in [0.05, 0.1) is 18.5 Å². The van der Waals surface area contributed by atoms with Gasteiger partial charge in [-0.15, -0.1) is 22.7 Å². The summed E-state index contributed by atoms with van der Waals surface area (Å²) in [5.41, 5.74) is 7.98. The minimum Gasteiger partial charge on any atom is -0.365 e. The number of hydrogen-bond acceptors (Lipinski definition) is 7. The molecule has 0 unspecified atom stereocenters. The fourth-order valence-corrected chi connectivity index (χ4v) is 6.08. The Balaban J connectivity index is 1.28. The minimum atomic E-state index is -0.479. The Kier molecular flexibility index (Phi) is 6.16. The van der Waals surface area contributed by atoms with E-state index in [-0.39, 0.29) is 18.4 Å². The quantitative estimate of drug-likeness (QED) is 0.696. The van der Waals surface area contributed by atoms with Crippen molar-refractivity contribution in [2.24, 2.45) is 5.73 Å². The number of piperazine rings is 1. The number of thiophene rings is 1. The van der Waals surface area contributed by atoms with Gasteiger partial charge in [-0.2, -0.15) is 0 Å². The first-order chi connectivity index (χ1) is 14.4. The Bertz CT molecular complexity index is 975. The van der Waals surface area contributed by atoms with Crippen molar-refractivity contribution in [3.05, 3.63) is 32.1 Å². The van der Waals surface area contributed by atoms with Gasteiger partial charge >= 0.3 is 0 Å². The summed E-state index contributed by atoms with van der Waals surface area (Å²) in [5.74, 6) is -0.560. The van der Waals surface area contributed by atoms with E-state index < -0.39 is 5.91 Å². The topological polar surface area (TPSA) is 109 Å². The van der Waals surface area contributed by atoms with Crippen LogP contribution in [0.4, 0.5) is 5.00 Å². The highest BCUT2D eigenvalue weighted by Crippen LogP contribution is 2.38. The molecule has 2 aromatic heterocycles. The van der Waals surface area contributed by atoms with Gasteiger partial charge in [-0.1, -0.05) is 0 Å². The van der Waals surface area contributed by atoms with Crippen LogP contribution in [0.25, 0.3) is 0 Å². The average Bonchev–Trinajstić information content (AvgIpc) is 3.38. The zero-order chi connectivity index (χ0) is 21.3. The van der Waals surface area contributed by atoms with Gasteiger partial charge < -0.3 is 16.0 Å². The van der Waals surface area contributed by atoms with Crippen LogP contribution in [0.3, 0.4) is 0 Å². The van der Waals surface area contributed by atoms with Gasteiger partial charge in [0.25, 0.3) is 5.91 Å². The molecule has 30 heavy (non-hydrogen) atoms. The largest absolute Gasteiger partial charge is 0.365 e. The van der Waals surface area contributed by atoms with Crippen LogP contribution in [0.5, 0.6) is 0 Å². The van der Waals surface area contributed by atoms with Gasteiger partial charge in [0.1, 0.15) is 10.0 Å². The molecule has 1 aliphatic carbocycles. The van der Waals surface area contributed by atoms with E-state index in [1.807, 2.05) is 22.1 Å². The fourth-order valence-electron chi connectivity index (χ4n) is 4.00. The van der Waals surface area contributed by atoms with Crippen LogP contribution in [-0.4, -0.2) is 65.2 Å². The van der Waals surface area contributed by atoms with Crippen molar-refractivity contribution in [1.82, 2.24) is 14.8 Å². The van der Waals surface area contributed by atoms with Gasteiger partial charge in [-0.3, -0.25) is 19.3 Å². The lowest BCUT2D eigenvalue weighted by molar-refractivity contribution is -0.132. The molecule has 160 valence electrons. The molecule has 0 aromatic carbocycles. The van der Waals surface area contributed by atoms with E-state index in [1.165, 1.54) is 22.7 Å². The molecule has 2 aliphatic rings. The number of thiazole rings is 1. The number of carbonyl (C=O) groups excluding carboxylic acids is 3. The summed E-state index contributed by atoms with van der Waals surface area (Å²) < 4.78 is 0. The lowest BCUT2D eigenvalue weighted by Gasteiger charge is -2.34. The number of fused-ring (bicyclic) bond motifs is 1. The molecule has 1 saturated heterocycles. The minimum absolute atomic E-state index is 0.0765. The number of nitrogens with zero attached hydrogens (tertiary/aromatic N) is 3. The SMILES string of the molecule is Cc1csc(CC(=O)N2CCN(CC(=O)Nc3sc4c(c3C(N)=O)CCC4)CC2)n1. The number of carbonyl (C=O) groups is 3.